The number of nitrogens with zero attached hydrogens (tertiary/aromatic N) is 1. The standard InChI is InChI=1S/C26H19BrClF3N2O3/c1-2-35-24-12-17(5-10-23(24)36-15-16-3-7-20(27)8-4-16)11-18(14-32)25(34)33-22-13-19(26(29,30)31)6-9-21(22)28/h3-13H,2,15H2,1H3,(H,33,34)/b18-11-. The van der Waals surface area contributed by atoms with Crippen molar-refractivity contribution >= 4 is 45.2 Å². The maximum absolute atomic E-state index is 13.0. The molecule has 0 fully saturated rings. The van der Waals surface area contributed by atoms with Crippen molar-refractivity contribution in [2.24, 2.45) is 0 Å². The number of carbonyl (C=O) groups is 1. The first-order chi connectivity index (χ1) is 17.1. The highest BCUT2D eigenvalue weighted by Crippen LogP contribution is 2.34. The molecule has 36 heavy (non-hydrogen) atoms. The van der Waals surface area contributed by atoms with E-state index in [-0.39, 0.29) is 16.3 Å². The number of nitrogens with one attached hydrogen (secondary N) is 1. The molecule has 186 valence electrons. The molecule has 1 amide bonds. The average molecular weight is 580 g/mol. The fraction of sp³-hybridized carbons (Fsp3) is 0.154. The fourth-order valence-electron chi connectivity index (χ4n) is 3.05. The van der Waals surface area contributed by atoms with Gasteiger partial charge in [-0.1, -0.05) is 45.7 Å². The number of halogens is 5. The van der Waals surface area contributed by atoms with Crippen LogP contribution in [0.2, 0.25) is 5.02 Å². The zero-order valence-corrected chi connectivity index (χ0v) is 21.2. The van der Waals surface area contributed by atoms with Gasteiger partial charge < -0.3 is 14.8 Å². The molecule has 0 aliphatic heterocycles. The molecule has 3 aromatic carbocycles. The van der Waals surface area contributed by atoms with E-state index in [1.165, 1.54) is 6.08 Å². The van der Waals surface area contributed by atoms with Gasteiger partial charge in [-0.15, -0.1) is 0 Å². The van der Waals surface area contributed by atoms with Crippen LogP contribution in [0.3, 0.4) is 0 Å². The van der Waals surface area contributed by atoms with Crippen LogP contribution in [0.15, 0.2) is 70.7 Å². The average Bonchev–Trinajstić information content (AvgIpc) is 2.83. The molecular weight excluding hydrogens is 561 g/mol. The Balaban J connectivity index is 1.81. The fourth-order valence-corrected chi connectivity index (χ4v) is 3.48. The van der Waals surface area contributed by atoms with Gasteiger partial charge in [-0.3, -0.25) is 4.79 Å². The number of amides is 1. The van der Waals surface area contributed by atoms with Crippen molar-refractivity contribution in [1.82, 2.24) is 0 Å². The van der Waals surface area contributed by atoms with Gasteiger partial charge in [0.15, 0.2) is 11.5 Å². The monoisotopic (exact) mass is 578 g/mol. The molecule has 0 unspecified atom stereocenters. The summed E-state index contributed by atoms with van der Waals surface area (Å²) in [4.78, 5) is 12.6. The minimum absolute atomic E-state index is 0.0976. The third-order valence-electron chi connectivity index (χ3n) is 4.79. The minimum Gasteiger partial charge on any atom is -0.490 e. The smallest absolute Gasteiger partial charge is 0.416 e. The number of hydrogen-bond donors (Lipinski definition) is 1. The number of carbonyl (C=O) groups excluding carboxylic acids is 1. The van der Waals surface area contributed by atoms with Crippen molar-refractivity contribution in [2.45, 2.75) is 19.7 Å². The van der Waals surface area contributed by atoms with Gasteiger partial charge in [0.05, 0.1) is 22.9 Å². The Morgan fingerprint density at radius 2 is 1.81 bits per heavy atom. The summed E-state index contributed by atoms with van der Waals surface area (Å²) < 4.78 is 51.5. The minimum atomic E-state index is -4.62. The van der Waals surface area contributed by atoms with Crippen molar-refractivity contribution in [1.29, 1.82) is 5.26 Å². The topological polar surface area (TPSA) is 71.3 Å². The van der Waals surface area contributed by atoms with E-state index in [4.69, 9.17) is 21.1 Å². The molecule has 0 saturated heterocycles. The summed E-state index contributed by atoms with van der Waals surface area (Å²) in [6.07, 6.45) is -3.33. The number of benzene rings is 3. The van der Waals surface area contributed by atoms with Crippen LogP contribution in [-0.4, -0.2) is 12.5 Å². The highest BCUT2D eigenvalue weighted by Gasteiger charge is 2.31. The number of alkyl halides is 3. The highest BCUT2D eigenvalue weighted by atomic mass is 79.9. The van der Waals surface area contributed by atoms with E-state index in [1.54, 1.807) is 31.2 Å². The number of nitriles is 1. The van der Waals surface area contributed by atoms with E-state index in [1.807, 2.05) is 24.3 Å². The van der Waals surface area contributed by atoms with E-state index in [0.29, 0.717) is 36.3 Å². The molecule has 0 spiro atoms. The van der Waals surface area contributed by atoms with Gasteiger partial charge in [0, 0.05) is 4.47 Å². The Morgan fingerprint density at radius 3 is 2.44 bits per heavy atom. The van der Waals surface area contributed by atoms with Crippen molar-refractivity contribution in [3.8, 4) is 17.6 Å². The molecule has 5 nitrogen and oxygen atoms in total. The zero-order chi connectivity index (χ0) is 26.3. The van der Waals surface area contributed by atoms with Gasteiger partial charge >= 0.3 is 6.18 Å². The van der Waals surface area contributed by atoms with Crippen LogP contribution >= 0.6 is 27.5 Å². The molecule has 0 radical (unpaired) electrons. The van der Waals surface area contributed by atoms with Crippen molar-refractivity contribution in [2.75, 3.05) is 11.9 Å². The summed E-state index contributed by atoms with van der Waals surface area (Å²) in [7, 11) is 0. The van der Waals surface area contributed by atoms with E-state index in [2.05, 4.69) is 21.2 Å². The quantitative estimate of drug-likeness (QED) is 0.220. The maximum Gasteiger partial charge on any atom is 0.416 e. The third kappa shape index (κ3) is 7.26. The second kappa shape index (κ2) is 12.0. The summed E-state index contributed by atoms with van der Waals surface area (Å²) in [6, 6.07) is 16.8. The van der Waals surface area contributed by atoms with E-state index in [0.717, 1.165) is 22.2 Å². The molecule has 0 aliphatic carbocycles. The first-order valence-electron chi connectivity index (χ1n) is 10.5. The molecule has 3 aromatic rings. The van der Waals surface area contributed by atoms with Crippen LogP contribution < -0.4 is 14.8 Å². The van der Waals surface area contributed by atoms with Gasteiger partial charge in [-0.05, 0) is 66.6 Å². The number of ether oxygens (including phenoxy) is 2. The molecule has 0 atom stereocenters. The summed E-state index contributed by atoms with van der Waals surface area (Å²) in [6.45, 7) is 2.45. The maximum atomic E-state index is 13.0. The SMILES string of the molecule is CCOc1cc(/C=C(/C#N)C(=O)Nc2cc(C(F)(F)F)ccc2Cl)ccc1OCc1ccc(Br)cc1. The number of anilines is 1. The highest BCUT2D eigenvalue weighted by molar-refractivity contribution is 9.10. The predicted molar refractivity (Wildman–Crippen MR) is 135 cm³/mol. The largest absolute Gasteiger partial charge is 0.490 e. The van der Waals surface area contributed by atoms with Crippen molar-refractivity contribution in [3.63, 3.8) is 0 Å². The normalized spacial score (nSPS) is 11.5. The lowest BCUT2D eigenvalue weighted by Crippen LogP contribution is -2.15. The summed E-state index contributed by atoms with van der Waals surface area (Å²) >= 11 is 9.32. The van der Waals surface area contributed by atoms with Crippen LogP contribution in [0.25, 0.3) is 6.08 Å². The molecule has 3 rings (SSSR count). The van der Waals surface area contributed by atoms with Crippen molar-refractivity contribution < 1.29 is 27.4 Å². The van der Waals surface area contributed by atoms with Gasteiger partial charge in [-0.2, -0.15) is 18.4 Å². The van der Waals surface area contributed by atoms with E-state index >= 15 is 0 Å². The first kappa shape index (κ1) is 27.1. The summed E-state index contributed by atoms with van der Waals surface area (Å²) in [5, 5.41) is 11.7. The van der Waals surface area contributed by atoms with E-state index in [9.17, 15) is 23.2 Å². The molecule has 0 saturated carbocycles. The molecule has 1 N–H and O–H groups in total. The van der Waals surface area contributed by atoms with Crippen LogP contribution in [0, 0.1) is 11.3 Å². The summed E-state index contributed by atoms with van der Waals surface area (Å²) in [5.41, 5.74) is -0.179. The van der Waals surface area contributed by atoms with Crippen LogP contribution in [0.5, 0.6) is 11.5 Å². The number of rotatable bonds is 8. The lowest BCUT2D eigenvalue weighted by Gasteiger charge is -2.13. The second-order valence-corrected chi connectivity index (χ2v) is 8.69. The lowest BCUT2D eigenvalue weighted by atomic mass is 10.1. The molecule has 0 heterocycles. The van der Waals surface area contributed by atoms with Gasteiger partial charge in [-0.25, -0.2) is 0 Å². The first-order valence-corrected chi connectivity index (χ1v) is 11.7. The molecular formula is C26H19BrClF3N2O3. The predicted octanol–water partition coefficient (Wildman–Crippen LogP) is 7.64. The molecule has 0 aromatic heterocycles. The van der Waals surface area contributed by atoms with Gasteiger partial charge in [0.1, 0.15) is 18.2 Å². The lowest BCUT2D eigenvalue weighted by molar-refractivity contribution is -0.137. The van der Waals surface area contributed by atoms with Gasteiger partial charge in [0.25, 0.3) is 5.91 Å². The molecule has 0 aliphatic rings. The zero-order valence-electron chi connectivity index (χ0n) is 18.8. The Morgan fingerprint density at radius 1 is 1.08 bits per heavy atom. The van der Waals surface area contributed by atoms with Crippen molar-refractivity contribution in [3.05, 3.63) is 92.4 Å². The Kier molecular flexibility index (Phi) is 9.02. The Hall–Kier alpha value is -3.48. The van der Waals surface area contributed by atoms with E-state index < -0.39 is 17.6 Å². The summed E-state index contributed by atoms with van der Waals surface area (Å²) in [5.74, 6) is -0.0372. The van der Waals surface area contributed by atoms with Crippen LogP contribution in [0.4, 0.5) is 18.9 Å². The Bertz CT molecular complexity index is 1320. The third-order valence-corrected chi connectivity index (χ3v) is 5.65. The van der Waals surface area contributed by atoms with Crippen LogP contribution in [-0.2, 0) is 17.6 Å². The second-order valence-electron chi connectivity index (χ2n) is 7.37. The Labute approximate surface area is 219 Å². The number of hydrogen-bond acceptors (Lipinski definition) is 4. The molecule has 10 heteroatoms. The van der Waals surface area contributed by atoms with Crippen LogP contribution in [0.1, 0.15) is 23.6 Å². The van der Waals surface area contributed by atoms with Gasteiger partial charge in [0.2, 0.25) is 0 Å². The molecule has 0 bridgehead atoms.